The molecule has 0 radical (unpaired) electrons. The van der Waals surface area contributed by atoms with Crippen molar-refractivity contribution in [2.45, 2.75) is 0 Å². The van der Waals surface area contributed by atoms with Gasteiger partial charge in [-0.05, 0) is 24.3 Å². The molecule has 0 amide bonds. The molecule has 20 heavy (non-hydrogen) atoms. The topological polar surface area (TPSA) is 26.3 Å². The van der Waals surface area contributed by atoms with Crippen LogP contribution >= 0.6 is 11.6 Å². The summed E-state index contributed by atoms with van der Waals surface area (Å²) in [5.41, 5.74) is -1.01. The number of ether oxygens (including phenoxy) is 1. The number of carbonyl (C=O) groups is 1. The molecule has 0 aromatic heterocycles. The Labute approximate surface area is 117 Å². The predicted octanol–water partition coefficient (Wildman–Crippen LogP) is 4.00. The zero-order chi connectivity index (χ0) is 14.9. The van der Waals surface area contributed by atoms with Gasteiger partial charge in [0, 0.05) is 0 Å². The van der Waals surface area contributed by atoms with E-state index in [0.717, 1.165) is 6.07 Å². The highest BCUT2D eigenvalue weighted by Gasteiger charge is 2.21. The minimum Gasteiger partial charge on any atom is -0.494 e. The minimum atomic E-state index is -1.02. The van der Waals surface area contributed by atoms with Gasteiger partial charge in [-0.15, -0.1) is 0 Å². The number of methoxy groups -OCH3 is 1. The Morgan fingerprint density at radius 3 is 2.45 bits per heavy atom. The molecule has 0 spiro atoms. The molecule has 0 aliphatic heterocycles. The number of benzene rings is 2. The van der Waals surface area contributed by atoms with E-state index in [-0.39, 0.29) is 5.75 Å². The van der Waals surface area contributed by atoms with Crippen LogP contribution in [-0.2, 0) is 0 Å². The Morgan fingerprint density at radius 2 is 1.80 bits per heavy atom. The third-order valence-electron chi connectivity index (χ3n) is 2.68. The maximum atomic E-state index is 13.9. The lowest BCUT2D eigenvalue weighted by atomic mass is 10.0. The smallest absolute Gasteiger partial charge is 0.199 e. The van der Waals surface area contributed by atoms with E-state index in [4.69, 9.17) is 16.3 Å². The Bertz CT molecular complexity index is 686. The molecule has 6 heteroatoms. The van der Waals surface area contributed by atoms with Gasteiger partial charge in [0.15, 0.2) is 17.3 Å². The first-order valence-corrected chi connectivity index (χ1v) is 5.85. The van der Waals surface area contributed by atoms with Crippen molar-refractivity contribution in [3.05, 3.63) is 63.9 Å². The van der Waals surface area contributed by atoms with Gasteiger partial charge in [0.1, 0.15) is 11.6 Å². The number of carbonyl (C=O) groups excluding carboxylic acids is 1. The largest absolute Gasteiger partial charge is 0.494 e. The summed E-state index contributed by atoms with van der Waals surface area (Å²) in [5, 5.41) is -0.454. The second-order valence-corrected chi connectivity index (χ2v) is 4.30. The van der Waals surface area contributed by atoms with Crippen molar-refractivity contribution >= 4 is 17.4 Å². The van der Waals surface area contributed by atoms with E-state index < -0.39 is 39.4 Å². The molecule has 0 unspecified atom stereocenters. The van der Waals surface area contributed by atoms with Crippen LogP contribution in [0.1, 0.15) is 15.9 Å². The fourth-order valence-electron chi connectivity index (χ4n) is 1.69. The highest BCUT2D eigenvalue weighted by atomic mass is 35.5. The standard InChI is InChI=1S/C14H8ClF3O2/c1-20-12-4-2-3-7(13(12)18)14(19)8-5-11(17)9(15)6-10(8)16/h2-6H,1H3. The van der Waals surface area contributed by atoms with Crippen molar-refractivity contribution in [3.8, 4) is 5.75 Å². The quantitative estimate of drug-likeness (QED) is 0.633. The van der Waals surface area contributed by atoms with Crippen molar-refractivity contribution < 1.29 is 22.7 Å². The molecule has 0 heterocycles. The lowest BCUT2D eigenvalue weighted by Crippen LogP contribution is -2.08. The number of hydrogen-bond acceptors (Lipinski definition) is 2. The van der Waals surface area contributed by atoms with Gasteiger partial charge in [0.25, 0.3) is 0 Å². The van der Waals surface area contributed by atoms with Gasteiger partial charge in [0.2, 0.25) is 0 Å². The molecule has 0 N–H and O–H groups in total. The summed E-state index contributed by atoms with van der Waals surface area (Å²) in [6, 6.07) is 5.15. The summed E-state index contributed by atoms with van der Waals surface area (Å²) in [7, 11) is 1.23. The first-order chi connectivity index (χ1) is 9.45. The van der Waals surface area contributed by atoms with Crippen molar-refractivity contribution in [1.29, 1.82) is 0 Å². The summed E-state index contributed by atoms with van der Waals surface area (Å²) in [4.78, 5) is 12.1. The zero-order valence-electron chi connectivity index (χ0n) is 10.2. The highest BCUT2D eigenvalue weighted by molar-refractivity contribution is 6.30. The van der Waals surface area contributed by atoms with Gasteiger partial charge in [-0.25, -0.2) is 13.2 Å². The highest BCUT2D eigenvalue weighted by Crippen LogP contribution is 2.25. The summed E-state index contributed by atoms with van der Waals surface area (Å²) in [5.74, 6) is -4.07. The minimum absolute atomic E-state index is 0.161. The van der Waals surface area contributed by atoms with Crippen LogP contribution in [-0.4, -0.2) is 12.9 Å². The monoisotopic (exact) mass is 300 g/mol. The molecular formula is C14H8ClF3O2. The van der Waals surface area contributed by atoms with E-state index in [0.29, 0.717) is 12.1 Å². The molecule has 0 fully saturated rings. The second-order valence-electron chi connectivity index (χ2n) is 3.90. The van der Waals surface area contributed by atoms with Crippen LogP contribution in [0.2, 0.25) is 5.02 Å². The summed E-state index contributed by atoms with van der Waals surface area (Å²) in [6.45, 7) is 0. The first kappa shape index (κ1) is 14.4. The summed E-state index contributed by atoms with van der Waals surface area (Å²) in [6.07, 6.45) is 0. The van der Waals surface area contributed by atoms with Crippen LogP contribution in [0.4, 0.5) is 13.2 Å². The number of hydrogen-bond donors (Lipinski definition) is 0. The Balaban J connectivity index is 2.55. The molecule has 2 aromatic carbocycles. The van der Waals surface area contributed by atoms with Crippen LogP contribution in [0.5, 0.6) is 5.75 Å². The van der Waals surface area contributed by atoms with Crippen molar-refractivity contribution in [3.63, 3.8) is 0 Å². The molecule has 2 rings (SSSR count). The van der Waals surface area contributed by atoms with Gasteiger partial charge in [0.05, 0.1) is 23.3 Å². The van der Waals surface area contributed by atoms with Crippen molar-refractivity contribution in [1.82, 2.24) is 0 Å². The predicted molar refractivity (Wildman–Crippen MR) is 67.8 cm³/mol. The van der Waals surface area contributed by atoms with E-state index in [1.807, 2.05) is 0 Å². The Kier molecular flexibility index (Phi) is 3.99. The summed E-state index contributed by atoms with van der Waals surface area (Å²) < 4.78 is 45.6. The maximum absolute atomic E-state index is 13.9. The van der Waals surface area contributed by atoms with Crippen LogP contribution < -0.4 is 4.74 Å². The van der Waals surface area contributed by atoms with Crippen molar-refractivity contribution in [2.24, 2.45) is 0 Å². The molecule has 0 aliphatic rings. The lowest BCUT2D eigenvalue weighted by Gasteiger charge is -2.08. The van der Waals surface area contributed by atoms with Crippen LogP contribution in [0, 0.1) is 17.5 Å². The van der Waals surface area contributed by atoms with Gasteiger partial charge < -0.3 is 4.74 Å². The summed E-state index contributed by atoms with van der Waals surface area (Å²) >= 11 is 5.40. The molecule has 0 aliphatic carbocycles. The number of rotatable bonds is 3. The maximum Gasteiger partial charge on any atom is 0.199 e. The number of halogens is 4. The molecule has 2 aromatic rings. The van der Waals surface area contributed by atoms with E-state index in [2.05, 4.69) is 0 Å². The SMILES string of the molecule is COc1cccc(C(=O)c2cc(F)c(Cl)cc2F)c1F. The first-order valence-electron chi connectivity index (χ1n) is 5.47. The van der Waals surface area contributed by atoms with Crippen molar-refractivity contribution in [2.75, 3.05) is 7.11 Å². The average Bonchev–Trinajstić information content (AvgIpc) is 2.42. The second kappa shape index (κ2) is 5.54. The molecule has 0 saturated heterocycles. The average molecular weight is 301 g/mol. The van der Waals surface area contributed by atoms with E-state index >= 15 is 0 Å². The van der Waals surface area contributed by atoms with Crippen LogP contribution in [0.3, 0.4) is 0 Å². The van der Waals surface area contributed by atoms with Gasteiger partial charge >= 0.3 is 0 Å². The lowest BCUT2D eigenvalue weighted by molar-refractivity contribution is 0.103. The van der Waals surface area contributed by atoms with Gasteiger partial charge in [-0.2, -0.15) is 0 Å². The zero-order valence-corrected chi connectivity index (χ0v) is 11.0. The Hall–Kier alpha value is -2.01. The molecule has 2 nitrogen and oxygen atoms in total. The van der Waals surface area contributed by atoms with E-state index in [1.165, 1.54) is 19.2 Å². The Morgan fingerprint density at radius 1 is 1.10 bits per heavy atom. The fourth-order valence-corrected chi connectivity index (χ4v) is 1.84. The molecule has 0 atom stereocenters. The van der Waals surface area contributed by atoms with Crippen LogP contribution in [0.25, 0.3) is 0 Å². The van der Waals surface area contributed by atoms with Gasteiger partial charge in [-0.1, -0.05) is 17.7 Å². The number of ketones is 1. The van der Waals surface area contributed by atoms with E-state index in [9.17, 15) is 18.0 Å². The third kappa shape index (κ3) is 2.49. The van der Waals surface area contributed by atoms with Gasteiger partial charge in [-0.3, -0.25) is 4.79 Å². The third-order valence-corrected chi connectivity index (χ3v) is 2.97. The van der Waals surface area contributed by atoms with Crippen LogP contribution in [0.15, 0.2) is 30.3 Å². The molecule has 0 saturated carbocycles. The normalized spacial score (nSPS) is 10.4. The molecule has 104 valence electrons. The molecule has 0 bridgehead atoms. The fraction of sp³-hybridized carbons (Fsp3) is 0.0714. The van der Waals surface area contributed by atoms with E-state index in [1.54, 1.807) is 0 Å². The molecular weight excluding hydrogens is 293 g/mol.